The van der Waals surface area contributed by atoms with Gasteiger partial charge in [0.1, 0.15) is 5.01 Å². The zero-order valence-corrected chi connectivity index (χ0v) is 12.0. The van der Waals surface area contributed by atoms with Crippen LogP contribution in [-0.2, 0) is 6.18 Å². The highest BCUT2D eigenvalue weighted by Crippen LogP contribution is 2.32. The first-order chi connectivity index (χ1) is 9.41. The average molecular weight is 300 g/mol. The third-order valence-corrected chi connectivity index (χ3v) is 3.87. The lowest BCUT2D eigenvalue weighted by Gasteiger charge is -2.17. The summed E-state index contributed by atoms with van der Waals surface area (Å²) in [5, 5.41) is 5.87. The van der Waals surface area contributed by atoms with E-state index in [1.54, 1.807) is 6.07 Å². The van der Waals surface area contributed by atoms with Crippen molar-refractivity contribution in [1.82, 2.24) is 10.3 Å². The zero-order chi connectivity index (χ0) is 14.8. The maximum atomic E-state index is 12.8. The third kappa shape index (κ3) is 3.37. The van der Waals surface area contributed by atoms with E-state index in [2.05, 4.69) is 10.3 Å². The van der Waals surface area contributed by atoms with E-state index in [9.17, 15) is 13.2 Å². The number of nitrogens with one attached hydrogen (secondary N) is 1. The van der Waals surface area contributed by atoms with E-state index < -0.39 is 11.7 Å². The monoisotopic (exact) mass is 300 g/mol. The van der Waals surface area contributed by atoms with Crippen molar-refractivity contribution >= 4 is 11.3 Å². The van der Waals surface area contributed by atoms with Crippen LogP contribution in [0.1, 0.15) is 34.8 Å². The molecule has 1 N–H and O–H groups in total. The lowest BCUT2D eigenvalue weighted by Crippen LogP contribution is -2.22. The Morgan fingerprint density at radius 3 is 2.65 bits per heavy atom. The van der Waals surface area contributed by atoms with Gasteiger partial charge >= 0.3 is 6.18 Å². The zero-order valence-electron chi connectivity index (χ0n) is 11.2. The second-order valence-electron chi connectivity index (χ2n) is 4.44. The SMILES string of the molecule is CCNC(c1cccc(C(F)(F)F)c1)c1nc(C)cs1. The van der Waals surface area contributed by atoms with E-state index in [1.807, 2.05) is 19.2 Å². The summed E-state index contributed by atoms with van der Waals surface area (Å²) in [6.07, 6.45) is -4.33. The summed E-state index contributed by atoms with van der Waals surface area (Å²) < 4.78 is 38.4. The smallest absolute Gasteiger partial charge is 0.305 e. The average Bonchev–Trinajstić information content (AvgIpc) is 2.81. The Kier molecular flexibility index (Phi) is 4.45. The van der Waals surface area contributed by atoms with Crippen LogP contribution in [0.4, 0.5) is 13.2 Å². The molecule has 2 rings (SSSR count). The van der Waals surface area contributed by atoms with Crippen molar-refractivity contribution in [2.75, 3.05) is 6.54 Å². The summed E-state index contributed by atoms with van der Waals surface area (Å²) >= 11 is 1.45. The maximum absolute atomic E-state index is 12.8. The van der Waals surface area contributed by atoms with Gasteiger partial charge in [-0.15, -0.1) is 11.3 Å². The highest BCUT2D eigenvalue weighted by Gasteiger charge is 2.31. The Labute approximate surface area is 119 Å². The summed E-state index contributed by atoms with van der Waals surface area (Å²) in [7, 11) is 0. The molecule has 2 nitrogen and oxygen atoms in total. The number of alkyl halides is 3. The van der Waals surface area contributed by atoms with Crippen LogP contribution in [0.15, 0.2) is 29.6 Å². The summed E-state index contributed by atoms with van der Waals surface area (Å²) in [4.78, 5) is 4.37. The molecule has 0 aliphatic rings. The molecule has 1 unspecified atom stereocenters. The Balaban J connectivity index is 2.39. The molecule has 1 atom stereocenters. The number of halogens is 3. The molecule has 20 heavy (non-hydrogen) atoms. The van der Waals surface area contributed by atoms with E-state index in [0.717, 1.165) is 16.8 Å². The minimum atomic E-state index is -4.33. The van der Waals surface area contributed by atoms with Gasteiger partial charge in [-0.3, -0.25) is 0 Å². The predicted octanol–water partition coefficient (Wildman–Crippen LogP) is 4.17. The number of hydrogen-bond donors (Lipinski definition) is 1. The Morgan fingerprint density at radius 1 is 1.35 bits per heavy atom. The van der Waals surface area contributed by atoms with E-state index >= 15 is 0 Å². The minimum absolute atomic E-state index is 0.305. The lowest BCUT2D eigenvalue weighted by molar-refractivity contribution is -0.137. The Morgan fingerprint density at radius 2 is 2.10 bits per heavy atom. The molecule has 6 heteroatoms. The fourth-order valence-electron chi connectivity index (χ4n) is 1.95. The minimum Gasteiger partial charge on any atom is -0.305 e. The van der Waals surface area contributed by atoms with Crippen LogP contribution in [0.25, 0.3) is 0 Å². The molecule has 0 aliphatic carbocycles. The summed E-state index contributed by atoms with van der Waals surface area (Å²) in [6.45, 7) is 4.44. The molecule has 108 valence electrons. The fraction of sp³-hybridized carbons (Fsp3) is 0.357. The Bertz CT molecular complexity index is 578. The van der Waals surface area contributed by atoms with Crippen molar-refractivity contribution in [3.63, 3.8) is 0 Å². The molecule has 0 amide bonds. The van der Waals surface area contributed by atoms with Crippen molar-refractivity contribution in [3.05, 3.63) is 51.5 Å². The second-order valence-corrected chi connectivity index (χ2v) is 5.33. The molecule has 0 saturated carbocycles. The van der Waals surface area contributed by atoms with Gasteiger partial charge < -0.3 is 5.32 Å². The van der Waals surface area contributed by atoms with Crippen molar-refractivity contribution in [2.45, 2.75) is 26.1 Å². The number of benzene rings is 1. The van der Waals surface area contributed by atoms with Crippen molar-refractivity contribution in [2.24, 2.45) is 0 Å². The van der Waals surface area contributed by atoms with Gasteiger partial charge in [-0.1, -0.05) is 19.1 Å². The standard InChI is InChI=1S/C14H15F3N2S/c1-3-18-12(13-19-9(2)8-20-13)10-5-4-6-11(7-10)14(15,16)17/h4-8,12,18H,3H2,1-2H3. The van der Waals surface area contributed by atoms with Gasteiger partial charge in [0.2, 0.25) is 0 Å². The molecule has 1 heterocycles. The number of hydrogen-bond acceptors (Lipinski definition) is 3. The van der Waals surface area contributed by atoms with Gasteiger partial charge in [0.25, 0.3) is 0 Å². The quantitative estimate of drug-likeness (QED) is 0.916. The van der Waals surface area contributed by atoms with Crippen LogP contribution in [0.2, 0.25) is 0 Å². The molecular formula is C14H15F3N2S. The lowest BCUT2D eigenvalue weighted by atomic mass is 10.0. The van der Waals surface area contributed by atoms with Crippen molar-refractivity contribution < 1.29 is 13.2 Å². The molecule has 0 saturated heterocycles. The number of nitrogens with zero attached hydrogens (tertiary/aromatic N) is 1. The normalized spacial score (nSPS) is 13.4. The maximum Gasteiger partial charge on any atom is 0.416 e. The summed E-state index contributed by atoms with van der Waals surface area (Å²) in [5.74, 6) is 0. The molecule has 1 aromatic heterocycles. The van der Waals surface area contributed by atoms with Gasteiger partial charge in [-0.2, -0.15) is 13.2 Å². The molecule has 0 fully saturated rings. The molecule has 2 aromatic rings. The largest absolute Gasteiger partial charge is 0.416 e. The van der Waals surface area contributed by atoms with Crippen molar-refractivity contribution in [3.8, 4) is 0 Å². The topological polar surface area (TPSA) is 24.9 Å². The number of thiazole rings is 1. The highest BCUT2D eigenvalue weighted by atomic mass is 32.1. The molecule has 1 aromatic carbocycles. The number of aromatic nitrogens is 1. The summed E-state index contributed by atoms with van der Waals surface area (Å²) in [5.41, 5.74) is 0.821. The van der Waals surface area contributed by atoms with Crippen LogP contribution >= 0.6 is 11.3 Å². The third-order valence-electron chi connectivity index (χ3n) is 2.84. The first kappa shape index (κ1) is 15.0. The Hall–Kier alpha value is -1.40. The highest BCUT2D eigenvalue weighted by molar-refractivity contribution is 7.09. The van der Waals surface area contributed by atoms with E-state index in [0.29, 0.717) is 12.1 Å². The van der Waals surface area contributed by atoms with E-state index in [1.165, 1.54) is 23.5 Å². The summed E-state index contributed by atoms with van der Waals surface area (Å²) in [6, 6.07) is 5.09. The molecule has 0 bridgehead atoms. The molecule has 0 spiro atoms. The van der Waals surface area contributed by atoms with Gasteiger partial charge in [0.05, 0.1) is 11.6 Å². The number of rotatable bonds is 4. The van der Waals surface area contributed by atoms with Gasteiger partial charge in [0.15, 0.2) is 0 Å². The fourth-order valence-corrected chi connectivity index (χ4v) is 2.85. The van der Waals surface area contributed by atoms with Crippen LogP contribution in [-0.4, -0.2) is 11.5 Å². The van der Waals surface area contributed by atoms with Crippen LogP contribution < -0.4 is 5.32 Å². The van der Waals surface area contributed by atoms with Gasteiger partial charge in [-0.25, -0.2) is 4.98 Å². The molecule has 0 radical (unpaired) electrons. The van der Waals surface area contributed by atoms with Gasteiger partial charge in [-0.05, 0) is 31.2 Å². The van der Waals surface area contributed by atoms with E-state index in [-0.39, 0.29) is 6.04 Å². The molecular weight excluding hydrogens is 285 g/mol. The van der Waals surface area contributed by atoms with Crippen LogP contribution in [0.5, 0.6) is 0 Å². The van der Waals surface area contributed by atoms with E-state index in [4.69, 9.17) is 0 Å². The second kappa shape index (κ2) is 5.93. The van der Waals surface area contributed by atoms with Crippen molar-refractivity contribution in [1.29, 1.82) is 0 Å². The number of aryl methyl sites for hydroxylation is 1. The van der Waals surface area contributed by atoms with Crippen LogP contribution in [0, 0.1) is 6.92 Å². The van der Waals surface area contributed by atoms with Gasteiger partial charge in [0, 0.05) is 11.1 Å². The predicted molar refractivity (Wildman–Crippen MR) is 73.8 cm³/mol. The first-order valence-electron chi connectivity index (χ1n) is 6.24. The van der Waals surface area contributed by atoms with Crippen LogP contribution in [0.3, 0.4) is 0 Å². The first-order valence-corrected chi connectivity index (χ1v) is 7.12. The molecule has 0 aliphatic heterocycles.